The molecule has 0 spiro atoms. The molecule has 0 fully saturated rings. The summed E-state index contributed by atoms with van der Waals surface area (Å²) in [5.41, 5.74) is 3.23. The van der Waals surface area contributed by atoms with Gasteiger partial charge in [-0.2, -0.15) is 5.10 Å². The van der Waals surface area contributed by atoms with Gasteiger partial charge in [-0.1, -0.05) is 19.1 Å². The van der Waals surface area contributed by atoms with E-state index < -0.39 is 0 Å². The Labute approximate surface area is 147 Å². The molecule has 0 radical (unpaired) electrons. The van der Waals surface area contributed by atoms with Crippen LogP contribution in [0.15, 0.2) is 29.1 Å². The number of rotatable bonds is 4. The smallest absolute Gasteiger partial charge is 0.267 e. The SMILES string of the molecule is CCCn1nc2c(cc1=O)CN(Cc1cccc3c1OCCO3)CC2. The fourth-order valence-electron chi connectivity index (χ4n) is 3.50. The van der Waals surface area contributed by atoms with Gasteiger partial charge in [0.05, 0.1) is 5.69 Å². The van der Waals surface area contributed by atoms with Gasteiger partial charge in [0, 0.05) is 44.2 Å². The summed E-state index contributed by atoms with van der Waals surface area (Å²) in [6.07, 6.45) is 1.78. The van der Waals surface area contributed by atoms with Gasteiger partial charge in [0.2, 0.25) is 0 Å². The van der Waals surface area contributed by atoms with Crippen LogP contribution in [0.5, 0.6) is 11.5 Å². The number of fused-ring (bicyclic) bond motifs is 2. The molecule has 0 unspecified atom stereocenters. The molecule has 0 aliphatic carbocycles. The molecule has 0 amide bonds. The number of aryl methyl sites for hydroxylation is 1. The van der Waals surface area contributed by atoms with Crippen LogP contribution in [0.25, 0.3) is 0 Å². The highest BCUT2D eigenvalue weighted by molar-refractivity contribution is 5.47. The molecule has 0 N–H and O–H groups in total. The molecule has 2 aliphatic rings. The number of aromatic nitrogens is 2. The Morgan fingerprint density at radius 1 is 1.24 bits per heavy atom. The standard InChI is InChI=1S/C19H23N3O3/c1-2-7-22-18(23)11-15-13-21(8-6-16(15)20-22)12-14-4-3-5-17-19(14)25-10-9-24-17/h3-5,11H,2,6-10,12-13H2,1H3. The lowest BCUT2D eigenvalue weighted by Gasteiger charge is -2.29. The topological polar surface area (TPSA) is 56.6 Å². The van der Waals surface area contributed by atoms with E-state index in [-0.39, 0.29) is 5.56 Å². The van der Waals surface area contributed by atoms with Crippen molar-refractivity contribution < 1.29 is 9.47 Å². The molecule has 1 aromatic carbocycles. The highest BCUT2D eigenvalue weighted by atomic mass is 16.6. The second-order valence-electron chi connectivity index (χ2n) is 6.58. The van der Waals surface area contributed by atoms with Crippen LogP contribution in [-0.4, -0.2) is 34.4 Å². The van der Waals surface area contributed by atoms with Gasteiger partial charge < -0.3 is 9.47 Å². The quantitative estimate of drug-likeness (QED) is 0.851. The van der Waals surface area contributed by atoms with Crippen LogP contribution in [0.1, 0.15) is 30.2 Å². The number of nitrogens with zero attached hydrogens (tertiary/aromatic N) is 3. The summed E-state index contributed by atoms with van der Waals surface area (Å²) in [4.78, 5) is 14.5. The highest BCUT2D eigenvalue weighted by Crippen LogP contribution is 2.34. The second kappa shape index (κ2) is 6.88. The van der Waals surface area contributed by atoms with Crippen LogP contribution in [-0.2, 0) is 26.1 Å². The average Bonchev–Trinajstić information content (AvgIpc) is 2.63. The molecule has 6 nitrogen and oxygen atoms in total. The molecule has 1 aromatic heterocycles. The minimum Gasteiger partial charge on any atom is -0.486 e. The molecule has 3 heterocycles. The largest absolute Gasteiger partial charge is 0.486 e. The summed E-state index contributed by atoms with van der Waals surface area (Å²) in [6, 6.07) is 7.79. The van der Waals surface area contributed by atoms with Crippen LogP contribution in [0.2, 0.25) is 0 Å². The average molecular weight is 341 g/mol. The number of ether oxygens (including phenoxy) is 2. The number of benzene rings is 1. The third-order valence-electron chi connectivity index (χ3n) is 4.70. The summed E-state index contributed by atoms with van der Waals surface area (Å²) >= 11 is 0. The van der Waals surface area contributed by atoms with E-state index in [1.54, 1.807) is 10.7 Å². The first-order chi connectivity index (χ1) is 12.2. The predicted octanol–water partition coefficient (Wildman–Crippen LogP) is 1.98. The van der Waals surface area contributed by atoms with Crippen molar-refractivity contribution in [1.82, 2.24) is 14.7 Å². The Balaban J connectivity index is 1.54. The van der Waals surface area contributed by atoms with Crippen molar-refractivity contribution in [3.8, 4) is 11.5 Å². The maximum atomic E-state index is 12.2. The van der Waals surface area contributed by atoms with Crippen molar-refractivity contribution in [1.29, 1.82) is 0 Å². The zero-order chi connectivity index (χ0) is 17.2. The van der Waals surface area contributed by atoms with Crippen LogP contribution in [0.4, 0.5) is 0 Å². The van der Waals surface area contributed by atoms with Crippen LogP contribution >= 0.6 is 0 Å². The van der Waals surface area contributed by atoms with Gasteiger partial charge in [-0.25, -0.2) is 4.68 Å². The fraction of sp³-hybridized carbons (Fsp3) is 0.474. The first kappa shape index (κ1) is 16.1. The molecular formula is C19H23N3O3. The molecule has 4 rings (SSSR count). The molecule has 0 saturated heterocycles. The third kappa shape index (κ3) is 3.26. The van der Waals surface area contributed by atoms with Gasteiger partial charge in [-0.05, 0) is 18.1 Å². The number of hydrogen-bond acceptors (Lipinski definition) is 5. The molecule has 132 valence electrons. The third-order valence-corrected chi connectivity index (χ3v) is 4.70. The second-order valence-corrected chi connectivity index (χ2v) is 6.58. The van der Waals surface area contributed by atoms with Gasteiger partial charge in [0.15, 0.2) is 11.5 Å². The Kier molecular flexibility index (Phi) is 4.44. The summed E-state index contributed by atoms with van der Waals surface area (Å²) in [7, 11) is 0. The lowest BCUT2D eigenvalue weighted by atomic mass is 10.1. The van der Waals surface area contributed by atoms with E-state index in [0.29, 0.717) is 19.8 Å². The van der Waals surface area contributed by atoms with Gasteiger partial charge in [-0.15, -0.1) is 0 Å². The molecule has 25 heavy (non-hydrogen) atoms. The Hall–Kier alpha value is -2.34. The van der Waals surface area contributed by atoms with Crippen molar-refractivity contribution in [3.05, 3.63) is 51.4 Å². The van der Waals surface area contributed by atoms with E-state index in [2.05, 4.69) is 23.0 Å². The lowest BCUT2D eigenvalue weighted by molar-refractivity contribution is 0.165. The van der Waals surface area contributed by atoms with Crippen molar-refractivity contribution in [2.75, 3.05) is 19.8 Å². The van der Waals surface area contributed by atoms with Crippen molar-refractivity contribution in [3.63, 3.8) is 0 Å². The summed E-state index contributed by atoms with van der Waals surface area (Å²) in [6.45, 7) is 6.38. The molecule has 2 aliphatic heterocycles. The molecule has 2 aromatic rings. The van der Waals surface area contributed by atoms with Crippen molar-refractivity contribution >= 4 is 0 Å². The zero-order valence-electron chi connectivity index (χ0n) is 14.5. The van der Waals surface area contributed by atoms with Gasteiger partial charge in [0.25, 0.3) is 5.56 Å². The maximum absolute atomic E-state index is 12.2. The number of hydrogen-bond donors (Lipinski definition) is 0. The zero-order valence-corrected chi connectivity index (χ0v) is 14.5. The van der Waals surface area contributed by atoms with E-state index in [4.69, 9.17) is 9.47 Å². The molecule has 0 saturated carbocycles. The van der Waals surface area contributed by atoms with Gasteiger partial charge in [-0.3, -0.25) is 9.69 Å². The summed E-state index contributed by atoms with van der Waals surface area (Å²) < 4.78 is 13.1. The summed E-state index contributed by atoms with van der Waals surface area (Å²) in [5, 5.41) is 4.55. The van der Waals surface area contributed by atoms with E-state index in [9.17, 15) is 4.79 Å². The van der Waals surface area contributed by atoms with Crippen LogP contribution in [0.3, 0.4) is 0 Å². The lowest BCUT2D eigenvalue weighted by Crippen LogP contribution is -2.34. The van der Waals surface area contributed by atoms with Crippen LogP contribution in [0, 0.1) is 0 Å². The summed E-state index contributed by atoms with van der Waals surface area (Å²) in [5.74, 6) is 1.68. The molecule has 0 bridgehead atoms. The van der Waals surface area contributed by atoms with E-state index in [1.807, 2.05) is 12.1 Å². The van der Waals surface area contributed by atoms with E-state index >= 15 is 0 Å². The minimum absolute atomic E-state index is 0.00345. The molecular weight excluding hydrogens is 318 g/mol. The molecule has 6 heteroatoms. The van der Waals surface area contributed by atoms with Gasteiger partial charge >= 0.3 is 0 Å². The van der Waals surface area contributed by atoms with Crippen molar-refractivity contribution in [2.45, 2.75) is 39.4 Å². The first-order valence-corrected chi connectivity index (χ1v) is 8.94. The monoisotopic (exact) mass is 341 g/mol. The Bertz CT molecular complexity index is 831. The fourth-order valence-corrected chi connectivity index (χ4v) is 3.50. The maximum Gasteiger partial charge on any atom is 0.267 e. The van der Waals surface area contributed by atoms with Crippen molar-refractivity contribution in [2.24, 2.45) is 0 Å². The molecule has 0 atom stereocenters. The first-order valence-electron chi connectivity index (χ1n) is 8.94. The Morgan fingerprint density at radius 2 is 2.12 bits per heavy atom. The minimum atomic E-state index is -0.00345. The Morgan fingerprint density at radius 3 is 3.00 bits per heavy atom. The van der Waals surface area contributed by atoms with E-state index in [1.165, 1.54) is 0 Å². The van der Waals surface area contributed by atoms with E-state index in [0.717, 1.165) is 60.8 Å². The predicted molar refractivity (Wildman–Crippen MR) is 94.0 cm³/mol. The van der Waals surface area contributed by atoms with Crippen LogP contribution < -0.4 is 15.0 Å². The van der Waals surface area contributed by atoms with Gasteiger partial charge in [0.1, 0.15) is 13.2 Å². The highest BCUT2D eigenvalue weighted by Gasteiger charge is 2.22. The number of para-hydroxylation sites is 1. The normalized spacial score (nSPS) is 16.5.